The van der Waals surface area contributed by atoms with E-state index in [9.17, 15) is 9.32 Å². The third kappa shape index (κ3) is 4.16. The van der Waals surface area contributed by atoms with Crippen molar-refractivity contribution in [2.75, 3.05) is 24.7 Å². The highest BCUT2D eigenvalue weighted by molar-refractivity contribution is 8.02. The molecular weight excluding hydrogens is 248 g/mol. The van der Waals surface area contributed by atoms with Crippen molar-refractivity contribution < 1.29 is 9.32 Å². The molecule has 0 aliphatic heterocycles. The SMILES string of the molecule is CCN(CC)[S+](C)(=O)/C=C(\[O-])Nc1ccccc1. The van der Waals surface area contributed by atoms with Crippen molar-refractivity contribution in [1.29, 1.82) is 0 Å². The number of hydrogen-bond acceptors (Lipinski definition) is 3. The maximum Gasteiger partial charge on any atom is 0.181 e. The lowest BCUT2D eigenvalue weighted by molar-refractivity contribution is -0.299. The van der Waals surface area contributed by atoms with Crippen molar-refractivity contribution in [3.63, 3.8) is 0 Å². The standard InChI is InChI=1S/C13H20N2O2S/c1-4-15(5-2)18(3,17)11-13(16)14-12-9-7-6-8-10-12/h6-11H,4-5H2,1-3H3,(H-,14,16,17). The molecule has 0 amide bonds. The fourth-order valence-corrected chi connectivity index (χ4v) is 3.33. The smallest absolute Gasteiger partial charge is 0.181 e. The van der Waals surface area contributed by atoms with Crippen LogP contribution >= 0.6 is 0 Å². The Bertz CT molecular complexity index is 442. The second-order valence-corrected chi connectivity index (χ2v) is 6.42. The van der Waals surface area contributed by atoms with Gasteiger partial charge in [-0.05, 0) is 26.0 Å². The zero-order chi connectivity index (χ0) is 13.6. The molecule has 1 aromatic carbocycles. The van der Waals surface area contributed by atoms with Crippen molar-refractivity contribution in [2.45, 2.75) is 13.8 Å². The van der Waals surface area contributed by atoms with Crippen LogP contribution in [0.25, 0.3) is 0 Å². The van der Waals surface area contributed by atoms with E-state index in [2.05, 4.69) is 5.32 Å². The average molecular weight is 268 g/mol. The largest absolute Gasteiger partial charge is 0.857 e. The third-order valence-electron chi connectivity index (χ3n) is 2.59. The fraction of sp³-hybridized carbons (Fsp3) is 0.385. The number of para-hydroxylation sites is 1. The summed E-state index contributed by atoms with van der Waals surface area (Å²) < 4.78 is 14.1. The van der Waals surface area contributed by atoms with Crippen LogP contribution in [0, 0.1) is 0 Å². The van der Waals surface area contributed by atoms with Gasteiger partial charge in [0.25, 0.3) is 0 Å². The number of benzene rings is 1. The van der Waals surface area contributed by atoms with Crippen molar-refractivity contribution in [2.24, 2.45) is 0 Å². The lowest BCUT2D eigenvalue weighted by Crippen LogP contribution is -2.34. The van der Waals surface area contributed by atoms with Gasteiger partial charge in [0.1, 0.15) is 11.7 Å². The van der Waals surface area contributed by atoms with Gasteiger partial charge in [0.15, 0.2) is 10.1 Å². The maximum absolute atomic E-state index is 12.4. The van der Waals surface area contributed by atoms with Crippen LogP contribution in [-0.2, 0) is 14.3 Å². The molecule has 0 aliphatic rings. The summed E-state index contributed by atoms with van der Waals surface area (Å²) in [5.41, 5.74) is 0.702. The zero-order valence-corrected chi connectivity index (χ0v) is 11.9. The van der Waals surface area contributed by atoms with E-state index < -0.39 is 10.1 Å². The van der Waals surface area contributed by atoms with E-state index in [1.54, 1.807) is 22.7 Å². The molecule has 1 atom stereocenters. The minimum atomic E-state index is -2.40. The minimum absolute atomic E-state index is 0.333. The van der Waals surface area contributed by atoms with E-state index in [4.69, 9.17) is 0 Å². The Morgan fingerprint density at radius 3 is 2.39 bits per heavy atom. The van der Waals surface area contributed by atoms with Crippen molar-refractivity contribution >= 4 is 15.8 Å². The average Bonchev–Trinajstić information content (AvgIpc) is 2.30. The first-order valence-corrected chi connectivity index (χ1v) is 7.93. The number of rotatable bonds is 6. The molecule has 5 heteroatoms. The third-order valence-corrected chi connectivity index (χ3v) is 4.78. The molecule has 0 spiro atoms. The molecule has 18 heavy (non-hydrogen) atoms. The summed E-state index contributed by atoms with van der Waals surface area (Å²) >= 11 is 0. The fourth-order valence-electron chi connectivity index (χ4n) is 1.70. The molecule has 1 aromatic rings. The van der Waals surface area contributed by atoms with Gasteiger partial charge in [0.2, 0.25) is 0 Å². The van der Waals surface area contributed by atoms with Gasteiger partial charge in [0.05, 0.1) is 0 Å². The molecule has 1 N–H and O–H groups in total. The summed E-state index contributed by atoms with van der Waals surface area (Å²) in [5.74, 6) is -0.333. The number of anilines is 1. The Morgan fingerprint density at radius 2 is 1.89 bits per heavy atom. The quantitative estimate of drug-likeness (QED) is 0.630. The molecular formula is C13H20N2O2S. The molecule has 0 aliphatic carbocycles. The van der Waals surface area contributed by atoms with Gasteiger partial charge >= 0.3 is 0 Å². The van der Waals surface area contributed by atoms with Crippen molar-refractivity contribution in [1.82, 2.24) is 4.31 Å². The van der Waals surface area contributed by atoms with Gasteiger partial charge < -0.3 is 10.4 Å². The van der Waals surface area contributed by atoms with Gasteiger partial charge in [0, 0.05) is 24.7 Å². The van der Waals surface area contributed by atoms with E-state index in [0.717, 1.165) is 0 Å². The molecule has 0 heterocycles. The van der Waals surface area contributed by atoms with Gasteiger partial charge in [-0.3, -0.25) is 0 Å². The van der Waals surface area contributed by atoms with Crippen molar-refractivity contribution in [3.05, 3.63) is 41.6 Å². The first-order valence-electron chi connectivity index (χ1n) is 5.94. The molecule has 0 bridgehead atoms. The summed E-state index contributed by atoms with van der Waals surface area (Å²) in [6.45, 7) is 5.16. The highest BCUT2D eigenvalue weighted by Crippen LogP contribution is 2.13. The summed E-state index contributed by atoms with van der Waals surface area (Å²) in [5, 5.41) is 15.8. The Morgan fingerprint density at radius 1 is 1.33 bits per heavy atom. The summed E-state index contributed by atoms with van der Waals surface area (Å²) in [4.78, 5) is 0. The molecule has 0 aromatic heterocycles. The first kappa shape index (κ1) is 14.7. The predicted octanol–water partition coefficient (Wildman–Crippen LogP) is 1.64. The molecule has 0 saturated heterocycles. The van der Waals surface area contributed by atoms with Crippen LogP contribution in [0.5, 0.6) is 0 Å². The molecule has 1 rings (SSSR count). The van der Waals surface area contributed by atoms with E-state index in [0.29, 0.717) is 18.8 Å². The number of nitrogens with one attached hydrogen (secondary N) is 1. The van der Waals surface area contributed by atoms with Crippen molar-refractivity contribution in [3.8, 4) is 0 Å². The molecule has 4 nitrogen and oxygen atoms in total. The van der Waals surface area contributed by atoms with Gasteiger partial charge in [-0.15, -0.1) is 4.31 Å². The zero-order valence-electron chi connectivity index (χ0n) is 11.1. The van der Waals surface area contributed by atoms with Crippen LogP contribution in [0.4, 0.5) is 5.69 Å². The Kier molecular flexibility index (Phi) is 5.37. The molecule has 0 fully saturated rings. The number of nitrogens with zero attached hydrogens (tertiary/aromatic N) is 1. The Balaban J connectivity index is 2.79. The Labute approximate surface area is 110 Å². The second kappa shape index (κ2) is 6.56. The summed E-state index contributed by atoms with van der Waals surface area (Å²) in [6, 6.07) is 9.13. The normalized spacial score (nSPS) is 15.4. The summed E-state index contributed by atoms with van der Waals surface area (Å²) in [6.07, 6.45) is 1.59. The van der Waals surface area contributed by atoms with E-state index in [-0.39, 0.29) is 5.88 Å². The second-order valence-electron chi connectivity index (χ2n) is 3.95. The van der Waals surface area contributed by atoms with Gasteiger partial charge in [-0.25, -0.2) is 0 Å². The number of hydrogen-bond donors (Lipinski definition) is 1. The first-order chi connectivity index (χ1) is 8.49. The Hall–Kier alpha value is -1.33. The van der Waals surface area contributed by atoms with Crippen LogP contribution in [0.1, 0.15) is 13.8 Å². The highest BCUT2D eigenvalue weighted by atomic mass is 32.3. The minimum Gasteiger partial charge on any atom is -0.857 e. The lowest BCUT2D eigenvalue weighted by atomic mass is 10.3. The van der Waals surface area contributed by atoms with E-state index >= 15 is 0 Å². The summed E-state index contributed by atoms with van der Waals surface area (Å²) in [7, 11) is -2.40. The molecule has 0 radical (unpaired) electrons. The maximum atomic E-state index is 12.4. The van der Waals surface area contributed by atoms with E-state index in [1.165, 1.54) is 5.41 Å². The monoisotopic (exact) mass is 268 g/mol. The van der Waals surface area contributed by atoms with E-state index in [1.807, 2.05) is 32.0 Å². The molecule has 1 unspecified atom stereocenters. The topological polar surface area (TPSA) is 55.4 Å². The van der Waals surface area contributed by atoms with Crippen LogP contribution in [0.2, 0.25) is 0 Å². The molecule has 0 saturated carbocycles. The van der Waals surface area contributed by atoms with Crippen LogP contribution < -0.4 is 10.4 Å². The van der Waals surface area contributed by atoms with Gasteiger partial charge in [-0.1, -0.05) is 22.4 Å². The molecule has 100 valence electrons. The van der Waals surface area contributed by atoms with Crippen LogP contribution in [0.3, 0.4) is 0 Å². The highest BCUT2D eigenvalue weighted by Gasteiger charge is 2.25. The lowest BCUT2D eigenvalue weighted by Gasteiger charge is -2.20. The van der Waals surface area contributed by atoms with Gasteiger partial charge in [-0.2, -0.15) is 0 Å². The predicted molar refractivity (Wildman–Crippen MR) is 75.0 cm³/mol. The van der Waals surface area contributed by atoms with Crippen LogP contribution in [0.15, 0.2) is 41.6 Å². The van der Waals surface area contributed by atoms with Crippen LogP contribution in [-0.4, -0.2) is 23.7 Å².